The monoisotopic (exact) mass is 670 g/mol. The highest BCUT2D eigenvalue weighted by atomic mass is 32.2. The molecule has 5 heteroatoms. The van der Waals surface area contributed by atoms with Gasteiger partial charge in [0.2, 0.25) is 0 Å². The van der Waals surface area contributed by atoms with Crippen molar-refractivity contribution in [3.63, 3.8) is 0 Å². The Kier molecular flexibility index (Phi) is 7.10. The lowest BCUT2D eigenvalue weighted by molar-refractivity contribution is 1.08. The van der Waals surface area contributed by atoms with E-state index in [0.29, 0.717) is 17.5 Å². The molecule has 0 fully saturated rings. The number of rotatable bonds is 5. The number of nitrogens with one attached hydrogen (secondary N) is 1. The van der Waals surface area contributed by atoms with Crippen LogP contribution in [0.3, 0.4) is 0 Å². The third kappa shape index (κ3) is 5.13. The minimum Gasteiger partial charge on any atom is -0.368 e. The SMILES string of the molecule is c1ccc(-c2nc(-c3ccccc3)nc(-c3ccc(-c4ccc5c(c4)c4c(c6ccccc65)SC(c5ccccc5)N4)c4ccccc34)n2)cc1. The fourth-order valence-corrected chi connectivity index (χ4v) is 8.62. The number of hydrogen-bond donors (Lipinski definition) is 1. The van der Waals surface area contributed by atoms with Crippen LogP contribution < -0.4 is 5.32 Å². The minimum atomic E-state index is 0.154. The highest BCUT2D eigenvalue weighted by Crippen LogP contribution is 2.53. The van der Waals surface area contributed by atoms with Crippen LogP contribution in [-0.2, 0) is 0 Å². The van der Waals surface area contributed by atoms with Crippen molar-refractivity contribution in [2.75, 3.05) is 5.32 Å². The molecular weight excluding hydrogens is 641 g/mol. The molecule has 1 aliphatic rings. The Bertz CT molecular complexity index is 2690. The molecule has 0 amide bonds. The average molecular weight is 671 g/mol. The highest BCUT2D eigenvalue weighted by molar-refractivity contribution is 8.00. The van der Waals surface area contributed by atoms with Crippen LogP contribution in [0.1, 0.15) is 10.9 Å². The number of nitrogens with zero attached hydrogens (tertiary/aromatic N) is 3. The fraction of sp³-hybridized carbons (Fsp3) is 0.0217. The van der Waals surface area contributed by atoms with Gasteiger partial charge in [-0.15, -0.1) is 0 Å². The van der Waals surface area contributed by atoms with Gasteiger partial charge in [-0.2, -0.15) is 0 Å². The third-order valence-electron chi connectivity index (χ3n) is 9.77. The van der Waals surface area contributed by atoms with Crippen molar-refractivity contribution in [3.05, 3.63) is 175 Å². The van der Waals surface area contributed by atoms with Gasteiger partial charge in [-0.05, 0) is 55.8 Å². The highest BCUT2D eigenvalue weighted by Gasteiger charge is 2.27. The molecule has 8 aromatic carbocycles. The van der Waals surface area contributed by atoms with Gasteiger partial charge in [0.15, 0.2) is 17.5 Å². The molecule has 4 nitrogen and oxygen atoms in total. The molecule has 51 heavy (non-hydrogen) atoms. The van der Waals surface area contributed by atoms with Crippen LogP contribution in [0.4, 0.5) is 5.69 Å². The van der Waals surface area contributed by atoms with Crippen LogP contribution in [0.5, 0.6) is 0 Å². The van der Waals surface area contributed by atoms with Crippen LogP contribution in [-0.4, -0.2) is 15.0 Å². The molecule has 0 bridgehead atoms. The van der Waals surface area contributed by atoms with Gasteiger partial charge >= 0.3 is 0 Å². The molecule has 0 aliphatic carbocycles. The van der Waals surface area contributed by atoms with E-state index < -0.39 is 0 Å². The zero-order valence-electron chi connectivity index (χ0n) is 27.5. The summed E-state index contributed by atoms with van der Waals surface area (Å²) in [5, 5.41) is 11.4. The van der Waals surface area contributed by atoms with Crippen molar-refractivity contribution in [1.29, 1.82) is 0 Å². The molecule has 2 heterocycles. The molecule has 1 atom stereocenters. The number of fused-ring (bicyclic) bond motifs is 7. The normalized spacial score (nSPS) is 13.8. The molecular formula is C46H30N4S. The van der Waals surface area contributed by atoms with Gasteiger partial charge in [0.25, 0.3) is 0 Å². The Hall–Kier alpha value is -6.30. The summed E-state index contributed by atoms with van der Waals surface area (Å²) in [6.45, 7) is 0. The van der Waals surface area contributed by atoms with E-state index in [1.54, 1.807) is 0 Å². The quantitative estimate of drug-likeness (QED) is 0.185. The molecule has 0 saturated heterocycles. The van der Waals surface area contributed by atoms with E-state index in [1.165, 1.54) is 48.8 Å². The van der Waals surface area contributed by atoms with Crippen LogP contribution in [0, 0.1) is 0 Å². The van der Waals surface area contributed by atoms with Crippen LogP contribution >= 0.6 is 11.8 Å². The van der Waals surface area contributed by atoms with Crippen LogP contribution in [0.25, 0.3) is 77.6 Å². The Morgan fingerprint density at radius 3 is 1.57 bits per heavy atom. The first-order chi connectivity index (χ1) is 25.3. The van der Waals surface area contributed by atoms with Crippen molar-refractivity contribution < 1.29 is 0 Å². The Morgan fingerprint density at radius 1 is 0.392 bits per heavy atom. The van der Waals surface area contributed by atoms with Crippen molar-refractivity contribution in [3.8, 4) is 45.3 Å². The largest absolute Gasteiger partial charge is 0.368 e. The maximum Gasteiger partial charge on any atom is 0.164 e. The summed E-state index contributed by atoms with van der Waals surface area (Å²) in [5.74, 6) is 1.96. The Balaban J connectivity index is 1.14. The zero-order chi connectivity index (χ0) is 33.7. The molecule has 1 N–H and O–H groups in total. The van der Waals surface area contributed by atoms with E-state index >= 15 is 0 Å². The summed E-state index contributed by atoms with van der Waals surface area (Å²) >= 11 is 1.91. The maximum atomic E-state index is 5.06. The number of anilines is 1. The van der Waals surface area contributed by atoms with Crippen molar-refractivity contribution in [1.82, 2.24) is 15.0 Å². The summed E-state index contributed by atoms with van der Waals surface area (Å²) in [6, 6.07) is 59.7. The summed E-state index contributed by atoms with van der Waals surface area (Å²) in [7, 11) is 0. The van der Waals surface area contributed by atoms with Crippen molar-refractivity contribution >= 4 is 49.8 Å². The third-order valence-corrected chi connectivity index (χ3v) is 11.1. The van der Waals surface area contributed by atoms with E-state index in [2.05, 4.69) is 115 Å². The average Bonchev–Trinajstić information content (AvgIpc) is 3.68. The minimum absolute atomic E-state index is 0.154. The molecule has 0 spiro atoms. The van der Waals surface area contributed by atoms with Crippen molar-refractivity contribution in [2.45, 2.75) is 10.3 Å². The molecule has 9 aromatic rings. The van der Waals surface area contributed by atoms with Gasteiger partial charge in [-0.1, -0.05) is 169 Å². The predicted octanol–water partition coefficient (Wildman–Crippen LogP) is 12.2. The lowest BCUT2D eigenvalue weighted by Gasteiger charge is -2.15. The number of benzene rings is 8. The molecule has 10 rings (SSSR count). The van der Waals surface area contributed by atoms with Gasteiger partial charge in [0.1, 0.15) is 5.37 Å². The van der Waals surface area contributed by atoms with Gasteiger partial charge in [0, 0.05) is 27.0 Å². The second kappa shape index (κ2) is 12.2. The van der Waals surface area contributed by atoms with Crippen molar-refractivity contribution in [2.24, 2.45) is 0 Å². The first-order valence-electron chi connectivity index (χ1n) is 17.1. The molecule has 1 aliphatic heterocycles. The number of hydrogen-bond acceptors (Lipinski definition) is 5. The Morgan fingerprint density at radius 2 is 0.902 bits per heavy atom. The number of aromatic nitrogens is 3. The summed E-state index contributed by atoms with van der Waals surface area (Å²) in [5.41, 5.74) is 7.71. The summed E-state index contributed by atoms with van der Waals surface area (Å²) in [6.07, 6.45) is 0. The smallest absolute Gasteiger partial charge is 0.164 e. The summed E-state index contributed by atoms with van der Waals surface area (Å²) < 4.78 is 0. The molecule has 240 valence electrons. The first kappa shape index (κ1) is 29.6. The van der Waals surface area contributed by atoms with Crippen LogP contribution in [0.15, 0.2) is 175 Å². The van der Waals surface area contributed by atoms with E-state index in [9.17, 15) is 0 Å². The zero-order valence-corrected chi connectivity index (χ0v) is 28.3. The second-order valence-corrected chi connectivity index (χ2v) is 13.9. The lowest BCUT2D eigenvalue weighted by atomic mass is 9.92. The molecule has 1 unspecified atom stereocenters. The topological polar surface area (TPSA) is 50.7 Å². The van der Waals surface area contributed by atoms with Gasteiger partial charge in [-0.3, -0.25) is 0 Å². The van der Waals surface area contributed by atoms with E-state index in [4.69, 9.17) is 15.0 Å². The predicted molar refractivity (Wildman–Crippen MR) is 213 cm³/mol. The van der Waals surface area contributed by atoms with Crippen LogP contribution in [0.2, 0.25) is 0 Å². The molecule has 0 saturated carbocycles. The lowest BCUT2D eigenvalue weighted by Crippen LogP contribution is -2.01. The van der Waals surface area contributed by atoms with Gasteiger partial charge < -0.3 is 5.32 Å². The first-order valence-corrected chi connectivity index (χ1v) is 18.0. The molecule has 1 aromatic heterocycles. The van der Waals surface area contributed by atoms with E-state index in [-0.39, 0.29) is 5.37 Å². The second-order valence-electron chi connectivity index (χ2n) is 12.8. The summed E-state index contributed by atoms with van der Waals surface area (Å²) in [4.78, 5) is 16.3. The van der Waals surface area contributed by atoms with E-state index in [0.717, 1.165) is 27.5 Å². The van der Waals surface area contributed by atoms with Gasteiger partial charge in [0.05, 0.1) is 5.69 Å². The van der Waals surface area contributed by atoms with Gasteiger partial charge in [-0.25, -0.2) is 15.0 Å². The van der Waals surface area contributed by atoms with E-state index in [1.807, 2.05) is 72.4 Å². The standard InChI is InChI=1S/C46H30N4S/c1-4-14-29(15-5-1)43-48-44(30-16-6-2-7-17-30)50-45(49-43)39-27-26-33(34-20-10-11-22-36(34)39)32-24-25-37-35-21-12-13-23-38(35)42-41(40(37)28-32)47-46(51-42)31-18-8-3-9-19-31/h1-28,46-47H. The Labute approximate surface area is 299 Å². The fourth-order valence-electron chi connectivity index (χ4n) is 7.32. The number of thioether (sulfide) groups is 1. The molecule has 0 radical (unpaired) electrons. The maximum absolute atomic E-state index is 5.06.